The number of aliphatic hydroxyl groups excluding tert-OH is 1. The normalized spacial score (nSPS) is 23.4. The molecule has 3 atom stereocenters. The van der Waals surface area contributed by atoms with E-state index in [0.29, 0.717) is 18.9 Å². The van der Waals surface area contributed by atoms with E-state index in [9.17, 15) is 9.50 Å². The number of benzene rings is 2. The second kappa shape index (κ2) is 9.03. The molecule has 1 fully saturated rings. The molecule has 2 aliphatic rings. The van der Waals surface area contributed by atoms with Crippen LogP contribution in [0.25, 0.3) is 0 Å². The van der Waals surface area contributed by atoms with Gasteiger partial charge in [-0.25, -0.2) is 4.39 Å². The van der Waals surface area contributed by atoms with E-state index in [0.717, 1.165) is 38.8 Å². The van der Waals surface area contributed by atoms with E-state index < -0.39 is 6.10 Å². The van der Waals surface area contributed by atoms with Crippen LogP contribution in [0.2, 0.25) is 0 Å². The summed E-state index contributed by atoms with van der Waals surface area (Å²) in [5, 5.41) is 10.4. The van der Waals surface area contributed by atoms with Crippen molar-refractivity contribution in [2.24, 2.45) is 0 Å². The minimum atomic E-state index is -0.515. The van der Waals surface area contributed by atoms with Gasteiger partial charge in [0.25, 0.3) is 0 Å². The van der Waals surface area contributed by atoms with Gasteiger partial charge in [-0.15, -0.1) is 0 Å². The quantitative estimate of drug-likeness (QED) is 0.789. The molecule has 0 amide bonds. The molecule has 1 saturated heterocycles. The Labute approximate surface area is 165 Å². The van der Waals surface area contributed by atoms with Gasteiger partial charge in [-0.05, 0) is 61.1 Å². The highest BCUT2D eigenvalue weighted by Gasteiger charge is 2.27. The highest BCUT2D eigenvalue weighted by molar-refractivity contribution is 5.31. The Morgan fingerprint density at radius 3 is 2.79 bits per heavy atom. The van der Waals surface area contributed by atoms with Gasteiger partial charge in [0.15, 0.2) is 0 Å². The summed E-state index contributed by atoms with van der Waals surface area (Å²) in [5.41, 5.74) is 2.64. The van der Waals surface area contributed by atoms with Crippen molar-refractivity contribution < 1.29 is 19.0 Å². The highest BCUT2D eigenvalue weighted by Crippen LogP contribution is 2.32. The maximum atomic E-state index is 13.0. The summed E-state index contributed by atoms with van der Waals surface area (Å²) >= 11 is 0. The zero-order valence-electron chi connectivity index (χ0n) is 16.1. The molecule has 0 aromatic heterocycles. The van der Waals surface area contributed by atoms with Crippen molar-refractivity contribution in [1.29, 1.82) is 0 Å². The van der Waals surface area contributed by atoms with E-state index >= 15 is 0 Å². The number of aryl methyl sites for hydroxylation is 1. The second-order valence-corrected chi connectivity index (χ2v) is 7.81. The minimum Gasteiger partial charge on any atom is -0.489 e. The van der Waals surface area contributed by atoms with Crippen molar-refractivity contribution in [3.8, 4) is 5.75 Å². The van der Waals surface area contributed by atoms with Gasteiger partial charge in [-0.3, -0.25) is 4.90 Å². The van der Waals surface area contributed by atoms with Crippen molar-refractivity contribution in [2.75, 3.05) is 26.2 Å². The van der Waals surface area contributed by atoms with Crippen LogP contribution in [0.1, 0.15) is 36.5 Å². The number of β-amino-alcohol motifs (C(OH)–C–C–N with tert-alkyl or cyclic N) is 1. The molecule has 1 heterocycles. The van der Waals surface area contributed by atoms with Gasteiger partial charge in [0.1, 0.15) is 17.7 Å². The third kappa shape index (κ3) is 4.90. The van der Waals surface area contributed by atoms with Crippen LogP contribution < -0.4 is 4.74 Å². The second-order valence-electron chi connectivity index (χ2n) is 7.81. The molecule has 1 N–H and O–H groups in total. The number of halogens is 1. The van der Waals surface area contributed by atoms with Crippen LogP contribution in [0.3, 0.4) is 0 Å². The molecule has 4 nitrogen and oxygen atoms in total. The average Bonchev–Trinajstić information content (AvgIpc) is 3.15. The summed E-state index contributed by atoms with van der Waals surface area (Å²) in [6, 6.07) is 14.6. The Morgan fingerprint density at radius 2 is 1.93 bits per heavy atom. The number of fused-ring (bicyclic) bond motifs is 1. The largest absolute Gasteiger partial charge is 0.489 e. The van der Waals surface area contributed by atoms with Gasteiger partial charge in [0.2, 0.25) is 0 Å². The molecule has 150 valence electrons. The topological polar surface area (TPSA) is 41.9 Å². The molecule has 5 heteroatoms. The molecule has 28 heavy (non-hydrogen) atoms. The molecule has 0 radical (unpaired) electrons. The number of hydrogen-bond acceptors (Lipinski definition) is 4. The fraction of sp³-hybridized carbons (Fsp3) is 0.478. The average molecular weight is 385 g/mol. The van der Waals surface area contributed by atoms with E-state index in [2.05, 4.69) is 29.2 Å². The van der Waals surface area contributed by atoms with Crippen molar-refractivity contribution in [1.82, 2.24) is 4.90 Å². The molecule has 0 saturated carbocycles. The first-order valence-electron chi connectivity index (χ1n) is 10.2. The van der Waals surface area contributed by atoms with Gasteiger partial charge in [0.05, 0.1) is 18.8 Å². The summed E-state index contributed by atoms with van der Waals surface area (Å²) in [6.07, 6.45) is 3.81. The van der Waals surface area contributed by atoms with Gasteiger partial charge in [-0.2, -0.15) is 0 Å². The summed E-state index contributed by atoms with van der Waals surface area (Å²) in [5.74, 6) is 0.428. The molecular formula is C23H28FNO3. The minimum absolute atomic E-state index is 0.0730. The summed E-state index contributed by atoms with van der Waals surface area (Å²) in [4.78, 5) is 2.21. The number of ether oxygens (including phenoxy) is 2. The van der Waals surface area contributed by atoms with Crippen LogP contribution in [0.15, 0.2) is 48.5 Å². The maximum Gasteiger partial charge on any atom is 0.123 e. The lowest BCUT2D eigenvalue weighted by atomic mass is 9.89. The first-order chi connectivity index (χ1) is 13.7. The molecule has 2 aromatic rings. The highest BCUT2D eigenvalue weighted by atomic mass is 19.1. The van der Waals surface area contributed by atoms with Gasteiger partial charge in [0, 0.05) is 19.6 Å². The molecule has 0 bridgehead atoms. The molecule has 4 rings (SSSR count). The molecule has 1 aliphatic heterocycles. The predicted octanol–water partition coefficient (Wildman–Crippen LogP) is 3.73. The van der Waals surface area contributed by atoms with Crippen molar-refractivity contribution in [3.05, 3.63) is 65.5 Å². The van der Waals surface area contributed by atoms with E-state index in [1.165, 1.54) is 23.3 Å². The monoisotopic (exact) mass is 385 g/mol. The third-order valence-electron chi connectivity index (χ3n) is 5.62. The van der Waals surface area contributed by atoms with Gasteiger partial charge >= 0.3 is 0 Å². The molecule has 2 aromatic carbocycles. The smallest absolute Gasteiger partial charge is 0.123 e. The SMILES string of the molecule is O[C@@H](CO[C@@H]1CCCc2ccccc21)CN1CC[C@@H](Oc2ccc(F)cc2)C1. The van der Waals surface area contributed by atoms with Crippen molar-refractivity contribution in [3.63, 3.8) is 0 Å². The number of rotatable bonds is 7. The number of likely N-dealkylation sites (tertiary alicyclic amines) is 1. The van der Waals surface area contributed by atoms with Crippen molar-refractivity contribution in [2.45, 2.75) is 44.0 Å². The molecular weight excluding hydrogens is 357 g/mol. The lowest BCUT2D eigenvalue weighted by molar-refractivity contribution is -0.0268. The number of aliphatic hydroxyl groups is 1. The van der Waals surface area contributed by atoms with Gasteiger partial charge in [-0.1, -0.05) is 24.3 Å². The first-order valence-corrected chi connectivity index (χ1v) is 10.2. The standard InChI is InChI=1S/C23H28FNO3/c24-18-8-10-20(11-9-18)28-21-12-13-25(15-21)14-19(26)16-27-23-7-3-5-17-4-1-2-6-22(17)23/h1-2,4,6,8-11,19,21,23,26H,3,5,7,12-16H2/t19-,21-,23-/m1/s1. The first kappa shape index (κ1) is 19.4. The fourth-order valence-electron chi connectivity index (χ4n) is 4.23. The Kier molecular flexibility index (Phi) is 6.25. The predicted molar refractivity (Wildman–Crippen MR) is 106 cm³/mol. The van der Waals surface area contributed by atoms with Crippen LogP contribution in [0.4, 0.5) is 4.39 Å². The van der Waals surface area contributed by atoms with E-state index in [4.69, 9.17) is 9.47 Å². The summed E-state index contributed by atoms with van der Waals surface area (Å²) in [7, 11) is 0. The van der Waals surface area contributed by atoms with Crippen LogP contribution in [0.5, 0.6) is 5.75 Å². The van der Waals surface area contributed by atoms with E-state index in [-0.39, 0.29) is 18.0 Å². The Hall–Kier alpha value is -1.95. The van der Waals surface area contributed by atoms with Crippen LogP contribution in [-0.2, 0) is 11.2 Å². The number of hydrogen-bond donors (Lipinski definition) is 1. The molecule has 1 aliphatic carbocycles. The van der Waals surface area contributed by atoms with Gasteiger partial charge < -0.3 is 14.6 Å². The van der Waals surface area contributed by atoms with Crippen LogP contribution in [0, 0.1) is 5.82 Å². The third-order valence-corrected chi connectivity index (χ3v) is 5.62. The Morgan fingerprint density at radius 1 is 1.11 bits per heavy atom. The molecule has 0 unspecified atom stereocenters. The summed E-state index contributed by atoms with van der Waals surface area (Å²) in [6.45, 7) is 2.58. The van der Waals surface area contributed by atoms with E-state index in [1.54, 1.807) is 12.1 Å². The lowest BCUT2D eigenvalue weighted by Crippen LogP contribution is -2.35. The number of nitrogens with zero attached hydrogens (tertiary/aromatic N) is 1. The zero-order chi connectivity index (χ0) is 19.3. The van der Waals surface area contributed by atoms with E-state index in [1.807, 2.05) is 0 Å². The summed E-state index contributed by atoms with van der Waals surface area (Å²) < 4.78 is 25.0. The molecule has 0 spiro atoms. The van der Waals surface area contributed by atoms with Crippen LogP contribution >= 0.6 is 0 Å². The lowest BCUT2D eigenvalue weighted by Gasteiger charge is -2.27. The Bertz CT molecular complexity index is 767. The zero-order valence-corrected chi connectivity index (χ0v) is 16.1. The van der Waals surface area contributed by atoms with Crippen LogP contribution in [-0.4, -0.2) is 48.5 Å². The fourth-order valence-corrected chi connectivity index (χ4v) is 4.23. The Balaban J connectivity index is 1.22. The maximum absolute atomic E-state index is 13.0. The van der Waals surface area contributed by atoms with Crippen molar-refractivity contribution >= 4 is 0 Å².